The van der Waals surface area contributed by atoms with Crippen molar-refractivity contribution in [2.24, 2.45) is 5.73 Å². The summed E-state index contributed by atoms with van der Waals surface area (Å²) in [7, 11) is 2.80. The summed E-state index contributed by atoms with van der Waals surface area (Å²) < 4.78 is 44.6. The van der Waals surface area contributed by atoms with Gasteiger partial charge in [-0.1, -0.05) is 53.6 Å². The van der Waals surface area contributed by atoms with Crippen molar-refractivity contribution in [3.63, 3.8) is 0 Å². The molecule has 2 aromatic carbocycles. The van der Waals surface area contributed by atoms with Gasteiger partial charge in [-0.05, 0) is 28.8 Å². The molecule has 0 saturated carbocycles. The third-order valence-corrected chi connectivity index (χ3v) is 5.76. The van der Waals surface area contributed by atoms with Crippen LogP contribution in [0.3, 0.4) is 0 Å². The molecule has 0 bridgehead atoms. The molecule has 1 amide bonds. The molecule has 4 rings (SSSR count). The SMILES string of the molecule is COc1ccc(-c2cccc(C3(c4ccccc4)C(=O)N(C)C(N)N3OC(=O)C(F)(F)F)c2)cn1. The number of likely N-dealkylation sites (N-methyl/N-ethyl adjacent to an activating group) is 1. The summed E-state index contributed by atoms with van der Waals surface area (Å²) in [5.74, 6) is -2.77. The van der Waals surface area contributed by atoms with Gasteiger partial charge in [-0.2, -0.15) is 13.2 Å². The second-order valence-corrected chi connectivity index (χ2v) is 7.78. The average Bonchev–Trinajstić information content (AvgIpc) is 3.05. The summed E-state index contributed by atoms with van der Waals surface area (Å²) in [6.07, 6.45) is -5.23. The van der Waals surface area contributed by atoms with E-state index in [9.17, 15) is 22.8 Å². The number of methoxy groups -OCH3 is 1. The van der Waals surface area contributed by atoms with Gasteiger partial charge in [0.05, 0.1) is 7.11 Å². The number of pyridine rings is 1. The number of aromatic nitrogens is 1. The summed E-state index contributed by atoms with van der Waals surface area (Å²) >= 11 is 0. The first-order valence-corrected chi connectivity index (χ1v) is 10.4. The van der Waals surface area contributed by atoms with Gasteiger partial charge in [-0.25, -0.2) is 9.78 Å². The van der Waals surface area contributed by atoms with E-state index in [4.69, 9.17) is 15.3 Å². The number of hydrogen-bond acceptors (Lipinski definition) is 7. The molecular formula is C24H21F3N4O4. The molecule has 1 saturated heterocycles. The first-order valence-electron chi connectivity index (χ1n) is 10.4. The number of halogens is 3. The number of rotatable bonds is 5. The van der Waals surface area contributed by atoms with Crippen molar-refractivity contribution in [3.8, 4) is 17.0 Å². The highest BCUT2D eigenvalue weighted by molar-refractivity contribution is 5.94. The maximum absolute atomic E-state index is 13.7. The minimum absolute atomic E-state index is 0.247. The molecule has 2 unspecified atom stereocenters. The average molecular weight is 486 g/mol. The number of alkyl halides is 3. The molecule has 182 valence electrons. The van der Waals surface area contributed by atoms with Crippen LogP contribution in [-0.2, 0) is 20.0 Å². The van der Waals surface area contributed by atoms with E-state index in [-0.39, 0.29) is 11.1 Å². The Balaban J connectivity index is 1.93. The van der Waals surface area contributed by atoms with Gasteiger partial charge in [0.1, 0.15) is 0 Å². The summed E-state index contributed by atoms with van der Waals surface area (Å²) in [6.45, 7) is 0. The molecule has 1 aliphatic rings. The van der Waals surface area contributed by atoms with Gasteiger partial charge < -0.3 is 14.5 Å². The Morgan fingerprint density at radius 3 is 2.31 bits per heavy atom. The minimum Gasteiger partial charge on any atom is -0.481 e. The van der Waals surface area contributed by atoms with Crippen molar-refractivity contribution >= 4 is 11.9 Å². The zero-order valence-electron chi connectivity index (χ0n) is 18.7. The monoisotopic (exact) mass is 486 g/mol. The van der Waals surface area contributed by atoms with E-state index in [2.05, 4.69) is 4.98 Å². The number of amides is 1. The van der Waals surface area contributed by atoms with E-state index < -0.39 is 29.9 Å². The molecule has 35 heavy (non-hydrogen) atoms. The maximum Gasteiger partial charge on any atom is 0.492 e. The third-order valence-electron chi connectivity index (χ3n) is 5.76. The molecule has 1 fully saturated rings. The van der Waals surface area contributed by atoms with Crippen LogP contribution in [0.25, 0.3) is 11.1 Å². The van der Waals surface area contributed by atoms with Gasteiger partial charge in [0, 0.05) is 24.9 Å². The summed E-state index contributed by atoms with van der Waals surface area (Å²) in [6, 6.07) is 18.0. The highest BCUT2D eigenvalue weighted by atomic mass is 19.4. The van der Waals surface area contributed by atoms with Crippen molar-refractivity contribution < 1.29 is 32.3 Å². The molecule has 2 N–H and O–H groups in total. The Bertz CT molecular complexity index is 1240. The first-order chi connectivity index (χ1) is 16.6. The fourth-order valence-corrected chi connectivity index (χ4v) is 4.03. The number of benzene rings is 2. The van der Waals surface area contributed by atoms with Gasteiger partial charge in [0.2, 0.25) is 5.88 Å². The molecule has 0 spiro atoms. The highest BCUT2D eigenvalue weighted by Crippen LogP contribution is 2.45. The Hall–Kier alpha value is -3.96. The lowest BCUT2D eigenvalue weighted by Gasteiger charge is -2.36. The topological polar surface area (TPSA) is 98.0 Å². The van der Waals surface area contributed by atoms with Crippen molar-refractivity contribution in [3.05, 3.63) is 84.1 Å². The fraction of sp³-hybridized carbons (Fsp3) is 0.208. The van der Waals surface area contributed by atoms with Gasteiger partial charge in [-0.3, -0.25) is 10.5 Å². The van der Waals surface area contributed by atoms with E-state index in [0.29, 0.717) is 22.1 Å². The van der Waals surface area contributed by atoms with Crippen molar-refractivity contribution in [1.29, 1.82) is 0 Å². The van der Waals surface area contributed by atoms with Crippen molar-refractivity contribution in [2.45, 2.75) is 18.0 Å². The van der Waals surface area contributed by atoms with Gasteiger partial charge in [0.25, 0.3) is 5.91 Å². The predicted molar refractivity (Wildman–Crippen MR) is 118 cm³/mol. The smallest absolute Gasteiger partial charge is 0.481 e. The van der Waals surface area contributed by atoms with E-state index in [0.717, 1.165) is 4.90 Å². The molecule has 0 radical (unpaired) electrons. The first kappa shape index (κ1) is 24.2. The minimum atomic E-state index is -5.30. The summed E-state index contributed by atoms with van der Waals surface area (Å²) in [5.41, 5.74) is 5.92. The third kappa shape index (κ3) is 4.08. The van der Waals surface area contributed by atoms with Crippen molar-refractivity contribution in [1.82, 2.24) is 14.9 Å². The van der Waals surface area contributed by atoms with E-state index in [1.807, 2.05) is 0 Å². The Labute approximate surface area is 198 Å². The van der Waals surface area contributed by atoms with E-state index in [1.54, 1.807) is 72.9 Å². The Kier molecular flexibility index (Phi) is 6.22. The Morgan fingerprint density at radius 1 is 1.03 bits per heavy atom. The molecule has 0 aliphatic carbocycles. The number of nitrogens with two attached hydrogens (primary N) is 1. The molecule has 8 nitrogen and oxygen atoms in total. The van der Waals surface area contributed by atoms with Crippen LogP contribution in [-0.4, -0.2) is 53.4 Å². The maximum atomic E-state index is 13.7. The molecule has 3 aromatic rings. The second kappa shape index (κ2) is 9.01. The van der Waals surface area contributed by atoms with Crippen LogP contribution >= 0.6 is 0 Å². The second-order valence-electron chi connectivity index (χ2n) is 7.78. The predicted octanol–water partition coefficient (Wildman–Crippen LogP) is 3.04. The van der Waals surface area contributed by atoms with Gasteiger partial charge in [-0.15, -0.1) is 0 Å². The van der Waals surface area contributed by atoms with Crippen molar-refractivity contribution in [2.75, 3.05) is 14.2 Å². The van der Waals surface area contributed by atoms with Crippen LogP contribution in [0.2, 0.25) is 0 Å². The quantitative estimate of drug-likeness (QED) is 0.592. The zero-order valence-corrected chi connectivity index (χ0v) is 18.7. The summed E-state index contributed by atoms with van der Waals surface area (Å²) in [4.78, 5) is 35.6. The highest BCUT2D eigenvalue weighted by Gasteiger charge is 2.61. The number of hydrogen-bond donors (Lipinski definition) is 1. The number of hydroxylamine groups is 2. The lowest BCUT2D eigenvalue weighted by molar-refractivity contribution is -0.260. The van der Waals surface area contributed by atoms with Crippen LogP contribution < -0.4 is 10.5 Å². The Morgan fingerprint density at radius 2 is 1.71 bits per heavy atom. The molecule has 11 heteroatoms. The number of carbonyl (C=O) groups is 2. The van der Waals surface area contributed by atoms with Crippen LogP contribution in [0.4, 0.5) is 13.2 Å². The summed E-state index contributed by atoms with van der Waals surface area (Å²) in [5, 5.41) is 0.603. The number of nitrogens with zero attached hydrogens (tertiary/aromatic N) is 3. The standard InChI is InChI=1S/C24H21F3N4O4/c1-30-20(32)23(17-8-4-3-5-9-17,31(22(30)28)35-21(33)24(25,26)27)18-10-6-7-15(13-18)16-11-12-19(34-2)29-14-16/h3-14,22H,28H2,1-2H3. The van der Waals surface area contributed by atoms with Crippen LogP contribution in [0.5, 0.6) is 5.88 Å². The zero-order chi connectivity index (χ0) is 25.4. The number of carbonyl (C=O) groups excluding carboxylic acids is 2. The molecular weight excluding hydrogens is 465 g/mol. The van der Waals surface area contributed by atoms with Crippen LogP contribution in [0.15, 0.2) is 72.9 Å². The fourth-order valence-electron chi connectivity index (χ4n) is 4.03. The van der Waals surface area contributed by atoms with Crippen LogP contribution in [0.1, 0.15) is 11.1 Å². The number of ether oxygens (including phenoxy) is 1. The van der Waals surface area contributed by atoms with Gasteiger partial charge >= 0.3 is 12.1 Å². The molecule has 1 aromatic heterocycles. The van der Waals surface area contributed by atoms with E-state index >= 15 is 0 Å². The van der Waals surface area contributed by atoms with E-state index in [1.165, 1.54) is 14.2 Å². The lowest BCUT2D eigenvalue weighted by atomic mass is 9.81. The molecule has 2 heterocycles. The molecule has 2 atom stereocenters. The van der Waals surface area contributed by atoms with Crippen LogP contribution in [0, 0.1) is 0 Å². The van der Waals surface area contributed by atoms with Gasteiger partial charge in [0.15, 0.2) is 11.8 Å². The largest absolute Gasteiger partial charge is 0.492 e. The molecule has 1 aliphatic heterocycles. The lowest BCUT2D eigenvalue weighted by Crippen LogP contribution is -2.53. The normalized spacial score (nSPS) is 20.7.